The number of aliphatic hydroxyl groups is 1. The SMILES string of the molecule is Cc1cc(OCCC(C)Oc2ncc(Cl)cc2C(=O)c2ccccc2)ccc1CCCO. The molecule has 6 heteroatoms. The maximum atomic E-state index is 12.9. The monoisotopic (exact) mass is 453 g/mol. The van der Waals surface area contributed by atoms with Gasteiger partial charge in [0.1, 0.15) is 11.9 Å². The second-order valence-electron chi connectivity index (χ2n) is 7.68. The summed E-state index contributed by atoms with van der Waals surface area (Å²) in [6.07, 6.45) is 3.49. The second-order valence-corrected chi connectivity index (χ2v) is 8.12. The van der Waals surface area contributed by atoms with Crippen LogP contribution in [0.5, 0.6) is 11.6 Å². The molecule has 3 rings (SSSR count). The highest BCUT2D eigenvalue weighted by atomic mass is 35.5. The van der Waals surface area contributed by atoms with Crippen LogP contribution in [0, 0.1) is 6.92 Å². The normalized spacial score (nSPS) is 11.8. The van der Waals surface area contributed by atoms with Crippen molar-refractivity contribution in [3.8, 4) is 11.6 Å². The number of benzene rings is 2. The molecule has 3 aromatic rings. The van der Waals surface area contributed by atoms with Crippen molar-refractivity contribution < 1.29 is 19.4 Å². The van der Waals surface area contributed by atoms with E-state index in [2.05, 4.69) is 4.98 Å². The Kier molecular flexibility index (Phi) is 8.65. The summed E-state index contributed by atoms with van der Waals surface area (Å²) in [5.74, 6) is 0.877. The van der Waals surface area contributed by atoms with Crippen LogP contribution in [0.3, 0.4) is 0 Å². The van der Waals surface area contributed by atoms with Gasteiger partial charge in [-0.1, -0.05) is 48.0 Å². The molecule has 168 valence electrons. The molecule has 1 N–H and O–H groups in total. The van der Waals surface area contributed by atoms with E-state index in [1.54, 1.807) is 18.2 Å². The van der Waals surface area contributed by atoms with Crippen LogP contribution in [0.25, 0.3) is 0 Å². The standard InChI is InChI=1S/C26H28ClNO4/c1-18-15-23(11-10-20(18)9-6-13-29)31-14-12-19(2)32-26-24(16-22(27)17-28-26)25(30)21-7-4-3-5-8-21/h3-5,7-8,10-11,15-17,19,29H,6,9,12-14H2,1-2H3. The van der Waals surface area contributed by atoms with Gasteiger partial charge < -0.3 is 14.6 Å². The van der Waals surface area contributed by atoms with E-state index in [9.17, 15) is 4.79 Å². The lowest BCUT2D eigenvalue weighted by Gasteiger charge is -2.17. The molecule has 5 nitrogen and oxygen atoms in total. The van der Waals surface area contributed by atoms with Crippen LogP contribution in [-0.4, -0.2) is 35.2 Å². The van der Waals surface area contributed by atoms with Crippen molar-refractivity contribution in [2.75, 3.05) is 13.2 Å². The van der Waals surface area contributed by atoms with Crippen LogP contribution in [0.4, 0.5) is 0 Å². The highest BCUT2D eigenvalue weighted by Gasteiger charge is 2.18. The van der Waals surface area contributed by atoms with Crippen LogP contribution in [0.15, 0.2) is 60.8 Å². The minimum Gasteiger partial charge on any atom is -0.493 e. The third-order valence-corrected chi connectivity index (χ3v) is 5.33. The maximum absolute atomic E-state index is 12.9. The first-order chi connectivity index (χ1) is 15.5. The average molecular weight is 454 g/mol. The van der Waals surface area contributed by atoms with Gasteiger partial charge in [0.05, 0.1) is 17.2 Å². The Hall–Kier alpha value is -2.89. The molecule has 0 saturated heterocycles. The Morgan fingerprint density at radius 3 is 2.66 bits per heavy atom. The number of halogens is 1. The van der Waals surface area contributed by atoms with Crippen molar-refractivity contribution in [1.82, 2.24) is 4.98 Å². The minimum absolute atomic E-state index is 0.184. The number of aryl methyl sites for hydroxylation is 2. The Balaban J connectivity index is 1.59. The second kappa shape index (κ2) is 11.7. The van der Waals surface area contributed by atoms with Gasteiger partial charge >= 0.3 is 0 Å². The van der Waals surface area contributed by atoms with E-state index < -0.39 is 0 Å². The predicted molar refractivity (Wildman–Crippen MR) is 126 cm³/mol. The molecule has 1 aromatic heterocycles. The summed E-state index contributed by atoms with van der Waals surface area (Å²) >= 11 is 6.09. The van der Waals surface area contributed by atoms with E-state index in [1.165, 1.54) is 11.8 Å². The number of hydrogen-bond donors (Lipinski definition) is 1. The van der Waals surface area contributed by atoms with E-state index >= 15 is 0 Å². The smallest absolute Gasteiger partial charge is 0.225 e. The molecule has 0 aliphatic rings. The lowest BCUT2D eigenvalue weighted by molar-refractivity contribution is 0.102. The van der Waals surface area contributed by atoms with Crippen LogP contribution >= 0.6 is 11.6 Å². The molecule has 1 atom stereocenters. The quantitative estimate of drug-likeness (QED) is 0.392. The fourth-order valence-electron chi connectivity index (χ4n) is 3.33. The van der Waals surface area contributed by atoms with Gasteiger partial charge in [-0.2, -0.15) is 0 Å². The summed E-state index contributed by atoms with van der Waals surface area (Å²) in [6, 6.07) is 16.6. The first-order valence-corrected chi connectivity index (χ1v) is 11.1. The molecule has 0 aliphatic carbocycles. The molecule has 2 aromatic carbocycles. The van der Waals surface area contributed by atoms with Crippen molar-refractivity contribution in [3.05, 3.63) is 88.1 Å². The van der Waals surface area contributed by atoms with E-state index in [0.29, 0.717) is 29.2 Å². The Morgan fingerprint density at radius 1 is 1.16 bits per heavy atom. The highest BCUT2D eigenvalue weighted by Crippen LogP contribution is 2.25. The molecule has 0 amide bonds. The van der Waals surface area contributed by atoms with Gasteiger partial charge in [0, 0.05) is 24.8 Å². The van der Waals surface area contributed by atoms with Gasteiger partial charge in [-0.15, -0.1) is 0 Å². The molecular weight excluding hydrogens is 426 g/mol. The van der Waals surface area contributed by atoms with Crippen LogP contribution in [0.1, 0.15) is 46.8 Å². The zero-order chi connectivity index (χ0) is 22.9. The van der Waals surface area contributed by atoms with Crippen molar-refractivity contribution in [3.63, 3.8) is 0 Å². The zero-order valence-electron chi connectivity index (χ0n) is 18.4. The fourth-order valence-corrected chi connectivity index (χ4v) is 3.49. The van der Waals surface area contributed by atoms with Gasteiger partial charge in [0.2, 0.25) is 5.88 Å². The first kappa shape index (κ1) is 23.8. The molecule has 0 fully saturated rings. The number of nitrogens with zero attached hydrogens (tertiary/aromatic N) is 1. The molecular formula is C26H28ClNO4. The van der Waals surface area contributed by atoms with Gasteiger partial charge in [-0.3, -0.25) is 4.79 Å². The fraction of sp³-hybridized carbons (Fsp3) is 0.308. The Bertz CT molecular complexity index is 1040. The summed E-state index contributed by atoms with van der Waals surface area (Å²) in [5, 5.41) is 9.38. The molecule has 0 spiro atoms. The minimum atomic E-state index is -0.212. The summed E-state index contributed by atoms with van der Waals surface area (Å²) in [6.45, 7) is 4.62. The maximum Gasteiger partial charge on any atom is 0.225 e. The van der Waals surface area contributed by atoms with Crippen molar-refractivity contribution in [2.24, 2.45) is 0 Å². The molecule has 0 saturated carbocycles. The van der Waals surface area contributed by atoms with E-state index in [-0.39, 0.29) is 24.4 Å². The van der Waals surface area contributed by atoms with E-state index in [4.69, 9.17) is 26.2 Å². The van der Waals surface area contributed by atoms with Crippen LogP contribution in [-0.2, 0) is 6.42 Å². The van der Waals surface area contributed by atoms with Gasteiger partial charge in [-0.05, 0) is 56.0 Å². The Morgan fingerprint density at radius 2 is 1.94 bits per heavy atom. The first-order valence-electron chi connectivity index (χ1n) is 10.7. The molecule has 0 aliphatic heterocycles. The lowest BCUT2D eigenvalue weighted by atomic mass is 10.0. The number of aliphatic hydroxyl groups excluding tert-OH is 1. The molecule has 1 heterocycles. The molecule has 1 unspecified atom stereocenters. The zero-order valence-corrected chi connectivity index (χ0v) is 19.1. The van der Waals surface area contributed by atoms with Crippen LogP contribution < -0.4 is 9.47 Å². The van der Waals surface area contributed by atoms with Gasteiger partial charge in [0.15, 0.2) is 5.78 Å². The number of pyridine rings is 1. The number of rotatable bonds is 11. The lowest BCUT2D eigenvalue weighted by Crippen LogP contribution is -2.18. The number of hydrogen-bond acceptors (Lipinski definition) is 5. The molecule has 32 heavy (non-hydrogen) atoms. The average Bonchev–Trinajstić information content (AvgIpc) is 2.80. The van der Waals surface area contributed by atoms with E-state index in [0.717, 1.165) is 24.2 Å². The molecule has 0 radical (unpaired) electrons. The summed E-state index contributed by atoms with van der Waals surface area (Å²) in [4.78, 5) is 17.2. The Labute approximate surface area is 194 Å². The third-order valence-electron chi connectivity index (χ3n) is 5.12. The number of ether oxygens (including phenoxy) is 2. The van der Waals surface area contributed by atoms with E-state index in [1.807, 2.05) is 50.2 Å². The topological polar surface area (TPSA) is 68.7 Å². The number of ketones is 1. The number of carbonyl (C=O) groups is 1. The highest BCUT2D eigenvalue weighted by molar-refractivity contribution is 6.31. The third kappa shape index (κ3) is 6.55. The number of aromatic nitrogens is 1. The summed E-state index contributed by atoms with van der Waals surface area (Å²) < 4.78 is 11.9. The number of carbonyl (C=O) groups excluding carboxylic acids is 1. The molecule has 0 bridgehead atoms. The largest absolute Gasteiger partial charge is 0.493 e. The summed E-state index contributed by atoms with van der Waals surface area (Å²) in [5.41, 5.74) is 3.25. The van der Waals surface area contributed by atoms with Gasteiger partial charge in [0.25, 0.3) is 0 Å². The van der Waals surface area contributed by atoms with Gasteiger partial charge in [-0.25, -0.2) is 4.98 Å². The predicted octanol–water partition coefficient (Wildman–Crippen LogP) is 5.44. The summed E-state index contributed by atoms with van der Waals surface area (Å²) in [7, 11) is 0. The van der Waals surface area contributed by atoms with Crippen LogP contribution in [0.2, 0.25) is 5.02 Å². The van der Waals surface area contributed by atoms with Crippen molar-refractivity contribution in [2.45, 2.75) is 39.2 Å². The van der Waals surface area contributed by atoms with Crippen molar-refractivity contribution in [1.29, 1.82) is 0 Å². The van der Waals surface area contributed by atoms with Crippen molar-refractivity contribution >= 4 is 17.4 Å².